The van der Waals surface area contributed by atoms with Crippen LogP contribution in [0, 0.1) is 5.92 Å². The van der Waals surface area contributed by atoms with Crippen LogP contribution in [0.2, 0.25) is 0 Å². The first-order valence-electron chi connectivity index (χ1n) is 33.7. The topological polar surface area (TPSA) is 13.0 Å². The molecule has 0 bridgehead atoms. The Bertz CT molecular complexity index is 5180. The van der Waals surface area contributed by atoms with Crippen LogP contribution in [-0.4, -0.2) is 6.04 Å². The Morgan fingerprint density at radius 3 is 1.67 bits per heavy atom. The van der Waals surface area contributed by atoms with Crippen LogP contribution < -0.4 is 30.0 Å². The molecule has 11 aromatic carbocycles. The molecule has 452 valence electrons. The minimum Gasteiger partial charge on any atom is -0.337 e. The molecule has 6 aliphatic carbocycles. The van der Waals surface area contributed by atoms with Gasteiger partial charge in [-0.05, 0) is 231 Å². The number of anilines is 8. The first-order valence-corrected chi connectivity index (χ1v) is 33.7. The van der Waals surface area contributed by atoms with Crippen molar-refractivity contribution in [2.45, 2.75) is 57.4 Å². The molecule has 2 atom stereocenters. The molecule has 0 N–H and O–H groups in total. The molecular formula is C90H72N4. The molecule has 11 aromatic rings. The normalized spacial score (nSPS) is 17.0. The predicted octanol–water partition coefficient (Wildman–Crippen LogP) is 22.6. The van der Waals surface area contributed by atoms with Crippen molar-refractivity contribution in [1.82, 2.24) is 0 Å². The standard InChI is InChI=1S/C90H72N4/c1-7-29-67(30-8-1)91(68-31-9-2-10-32-68)73-51-47-63(48-52-73)89-83-57-55-76(94(72-39-17-6-18-40-72)88-60-66-28-20-22-42-78(66)80-44-24-26-46-82(80)88)62-86(83)90(64-49-53-74(54-50-64)92(69-33-11-3-12-34-69)70-35-13-4-14-36-70)84-58-56-75(61-85(84)89)93(71-37-15-5-16-38-71)87-59-65-27-19-21-41-77(65)79-43-23-25-45-81(79)87/h1-3,5-9,11-13,15-23,25-31,33-43,45-54,56-59,61-62,66,76H,4,10,14,24,32,44,55,60H2. The molecule has 94 heavy (non-hydrogen) atoms. The van der Waals surface area contributed by atoms with Crippen LogP contribution in [-0.2, 0) is 0 Å². The number of benzene rings is 11. The summed E-state index contributed by atoms with van der Waals surface area (Å²) in [5, 5.41) is 9.80. The molecule has 0 amide bonds. The second kappa shape index (κ2) is 24.8. The quantitative estimate of drug-likeness (QED) is 0.101. The molecule has 0 fully saturated rings. The molecule has 4 heteroatoms. The van der Waals surface area contributed by atoms with Crippen molar-refractivity contribution in [3.05, 3.63) is 360 Å². The maximum Gasteiger partial charge on any atom is 0.0563 e. The van der Waals surface area contributed by atoms with Gasteiger partial charge in [-0.25, -0.2) is 0 Å². The maximum atomic E-state index is 2.73. The van der Waals surface area contributed by atoms with Crippen molar-refractivity contribution in [2.24, 2.45) is 5.92 Å². The Hall–Kier alpha value is -11.2. The third-order valence-corrected chi connectivity index (χ3v) is 20.0. The third-order valence-electron chi connectivity index (χ3n) is 20.0. The molecule has 4 nitrogen and oxygen atoms in total. The zero-order valence-corrected chi connectivity index (χ0v) is 52.8. The fraction of sp³-hybridized carbons (Fsp3) is 0.111. The van der Waals surface area contributed by atoms with Crippen molar-refractivity contribution < 1.29 is 0 Å². The SMILES string of the molecule is C1=CCCC(N(c2ccccc2)c2ccc(-c3c4c(c(-c5ccc(N(C6=CCCC=C6)c6ccccc6)cc5)c5ccc(N(c6ccccc6)c6cc7ccccc7c7ccccc67)cc35)=CC(N(C3=C5C=CCCC5=C5C=CC=CC5C3)c3ccccc3)CC=4)cc2)=C1. The van der Waals surface area contributed by atoms with E-state index < -0.39 is 0 Å². The summed E-state index contributed by atoms with van der Waals surface area (Å²) in [4.78, 5) is 10.1. The van der Waals surface area contributed by atoms with Gasteiger partial charge in [-0.1, -0.05) is 225 Å². The predicted molar refractivity (Wildman–Crippen MR) is 399 cm³/mol. The van der Waals surface area contributed by atoms with Gasteiger partial charge in [-0.15, -0.1) is 0 Å². The number of allylic oxidation sites excluding steroid dienone is 17. The number of fused-ring (bicyclic) bond motifs is 7. The Balaban J connectivity index is 0.942. The summed E-state index contributed by atoms with van der Waals surface area (Å²) in [6, 6.07) is 90.5. The van der Waals surface area contributed by atoms with Gasteiger partial charge in [0.15, 0.2) is 0 Å². The summed E-state index contributed by atoms with van der Waals surface area (Å²) in [7, 11) is 0. The number of hydrogen-bond acceptors (Lipinski definition) is 4. The molecule has 0 aromatic heterocycles. The Labute approximate surface area is 551 Å². The first-order chi connectivity index (χ1) is 46.7. The Morgan fingerprint density at radius 1 is 0.383 bits per heavy atom. The lowest BCUT2D eigenvalue weighted by molar-refractivity contribution is 0.659. The van der Waals surface area contributed by atoms with E-state index >= 15 is 0 Å². The van der Waals surface area contributed by atoms with Crippen molar-refractivity contribution in [2.75, 3.05) is 19.6 Å². The zero-order chi connectivity index (χ0) is 62.3. The van der Waals surface area contributed by atoms with E-state index in [9.17, 15) is 0 Å². The van der Waals surface area contributed by atoms with Gasteiger partial charge in [-0.2, -0.15) is 0 Å². The highest BCUT2D eigenvalue weighted by molar-refractivity contribution is 6.15. The molecular weight excluding hydrogens is 1140 g/mol. The molecule has 0 heterocycles. The minimum absolute atomic E-state index is 0.00536. The van der Waals surface area contributed by atoms with Crippen molar-refractivity contribution in [3.63, 3.8) is 0 Å². The van der Waals surface area contributed by atoms with E-state index in [1.807, 2.05) is 0 Å². The fourth-order valence-electron chi connectivity index (χ4n) is 15.7. The van der Waals surface area contributed by atoms with Crippen molar-refractivity contribution >= 4 is 90.0 Å². The van der Waals surface area contributed by atoms with Gasteiger partial charge < -0.3 is 19.6 Å². The Morgan fingerprint density at radius 2 is 0.979 bits per heavy atom. The largest absolute Gasteiger partial charge is 0.337 e. The van der Waals surface area contributed by atoms with Crippen LogP contribution in [0.3, 0.4) is 0 Å². The van der Waals surface area contributed by atoms with E-state index in [1.165, 1.54) is 105 Å². The van der Waals surface area contributed by atoms with E-state index in [0.717, 1.165) is 91.2 Å². The lowest BCUT2D eigenvalue weighted by Crippen LogP contribution is -2.42. The second-order valence-corrected chi connectivity index (χ2v) is 25.5. The number of hydrogen-bond donors (Lipinski definition) is 0. The lowest BCUT2D eigenvalue weighted by Gasteiger charge is -2.41. The first kappa shape index (κ1) is 56.8. The van der Waals surface area contributed by atoms with Crippen LogP contribution in [0.25, 0.3) is 66.7 Å². The lowest BCUT2D eigenvalue weighted by atomic mass is 9.75. The summed E-state index contributed by atoms with van der Waals surface area (Å²) in [6.45, 7) is 0. The molecule has 0 aliphatic heterocycles. The van der Waals surface area contributed by atoms with E-state index in [-0.39, 0.29) is 6.04 Å². The van der Waals surface area contributed by atoms with Gasteiger partial charge >= 0.3 is 0 Å². The second-order valence-electron chi connectivity index (χ2n) is 25.5. The third kappa shape index (κ3) is 10.4. The summed E-state index contributed by atoms with van der Waals surface area (Å²) in [6.07, 6.45) is 41.1. The molecule has 17 rings (SSSR count). The summed E-state index contributed by atoms with van der Waals surface area (Å²) in [5.41, 5.74) is 22.2. The fourth-order valence-corrected chi connectivity index (χ4v) is 15.7. The van der Waals surface area contributed by atoms with Crippen LogP contribution >= 0.6 is 0 Å². The summed E-state index contributed by atoms with van der Waals surface area (Å²) in [5.74, 6) is 0.320. The van der Waals surface area contributed by atoms with Crippen LogP contribution in [0.15, 0.2) is 349 Å². The van der Waals surface area contributed by atoms with Gasteiger partial charge in [0.2, 0.25) is 0 Å². The van der Waals surface area contributed by atoms with Crippen LogP contribution in [0.1, 0.15) is 51.4 Å². The van der Waals surface area contributed by atoms with Crippen LogP contribution in [0.5, 0.6) is 0 Å². The molecule has 0 radical (unpaired) electrons. The summed E-state index contributed by atoms with van der Waals surface area (Å²) < 4.78 is 0. The van der Waals surface area contributed by atoms with E-state index in [1.54, 1.807) is 0 Å². The minimum atomic E-state index is -0.00536. The van der Waals surface area contributed by atoms with Gasteiger partial charge in [0.25, 0.3) is 0 Å². The van der Waals surface area contributed by atoms with Crippen molar-refractivity contribution in [3.8, 4) is 22.3 Å². The number of para-hydroxylation sites is 4. The molecule has 6 aliphatic rings. The zero-order valence-electron chi connectivity index (χ0n) is 52.8. The van der Waals surface area contributed by atoms with E-state index in [0.29, 0.717) is 5.92 Å². The highest BCUT2D eigenvalue weighted by Crippen LogP contribution is 2.48. The van der Waals surface area contributed by atoms with Gasteiger partial charge in [0.05, 0.1) is 11.7 Å². The smallest absolute Gasteiger partial charge is 0.0563 e. The average molecular weight is 1210 g/mol. The average Bonchev–Trinajstić information content (AvgIpc) is 0.726. The molecule has 0 spiro atoms. The van der Waals surface area contributed by atoms with Crippen LogP contribution in [0.4, 0.5) is 45.5 Å². The Kier molecular flexibility index (Phi) is 15.0. The van der Waals surface area contributed by atoms with Gasteiger partial charge in [0, 0.05) is 68.2 Å². The monoisotopic (exact) mass is 1210 g/mol. The highest BCUT2D eigenvalue weighted by atomic mass is 15.2. The number of nitrogens with zero attached hydrogens (tertiary/aromatic N) is 4. The molecule has 0 saturated heterocycles. The highest BCUT2D eigenvalue weighted by Gasteiger charge is 2.34. The molecule has 0 saturated carbocycles. The van der Waals surface area contributed by atoms with E-state index in [2.05, 4.69) is 347 Å². The van der Waals surface area contributed by atoms with Gasteiger partial charge in [-0.3, -0.25) is 0 Å². The van der Waals surface area contributed by atoms with E-state index in [4.69, 9.17) is 0 Å². The van der Waals surface area contributed by atoms with Gasteiger partial charge in [0.1, 0.15) is 0 Å². The maximum absolute atomic E-state index is 2.73. The summed E-state index contributed by atoms with van der Waals surface area (Å²) >= 11 is 0. The number of rotatable bonds is 14. The van der Waals surface area contributed by atoms with Crippen molar-refractivity contribution in [1.29, 1.82) is 0 Å². The molecule has 2 unspecified atom stereocenters.